The molecule has 0 N–H and O–H groups in total. The highest BCUT2D eigenvalue weighted by atomic mass is 16.5. The number of benzene rings is 1. The zero-order valence-electron chi connectivity index (χ0n) is 15.7. The van der Waals surface area contributed by atoms with Crippen LogP contribution < -0.4 is 0 Å². The Balaban J connectivity index is 2.05. The predicted molar refractivity (Wildman–Crippen MR) is 100 cm³/mol. The topological polar surface area (TPSA) is 63.7 Å². The number of carbonyl (C=O) groups excluding carboxylic acids is 3. The molecule has 0 saturated carbocycles. The first kappa shape index (κ1) is 19.9. The molecular weight excluding hydrogens is 330 g/mol. The maximum atomic E-state index is 13.0. The lowest BCUT2D eigenvalue weighted by atomic mass is 9.89. The van der Waals surface area contributed by atoms with Gasteiger partial charge >= 0.3 is 5.97 Å². The number of hydrogen-bond acceptors (Lipinski definition) is 4. The number of ether oxygens (including phenoxy) is 1. The van der Waals surface area contributed by atoms with Crippen molar-refractivity contribution in [1.82, 2.24) is 4.90 Å². The lowest BCUT2D eigenvalue weighted by Gasteiger charge is -2.29. The molecule has 1 fully saturated rings. The number of allylic oxidation sites excluding steroid dienone is 1. The summed E-state index contributed by atoms with van der Waals surface area (Å²) in [5, 5.41) is 0. The van der Waals surface area contributed by atoms with Crippen LogP contribution in [0, 0.1) is 11.8 Å². The van der Waals surface area contributed by atoms with E-state index in [1.165, 1.54) is 13.2 Å². The third-order valence-electron chi connectivity index (χ3n) is 4.81. The number of carbonyl (C=O) groups is 3. The summed E-state index contributed by atoms with van der Waals surface area (Å²) in [5.74, 6) is -1.03. The second kappa shape index (κ2) is 9.32. The Kier molecular flexibility index (Phi) is 7.13. The smallest absolute Gasteiger partial charge is 0.328 e. The van der Waals surface area contributed by atoms with Gasteiger partial charge < -0.3 is 9.64 Å². The molecule has 1 heterocycles. The minimum absolute atomic E-state index is 0.00970. The van der Waals surface area contributed by atoms with Crippen LogP contribution in [0.5, 0.6) is 0 Å². The molecule has 5 heteroatoms. The molecule has 26 heavy (non-hydrogen) atoms. The van der Waals surface area contributed by atoms with Crippen molar-refractivity contribution < 1.29 is 19.1 Å². The van der Waals surface area contributed by atoms with E-state index in [0.29, 0.717) is 13.0 Å². The molecule has 0 unspecified atom stereocenters. The maximum absolute atomic E-state index is 13.0. The van der Waals surface area contributed by atoms with Crippen LogP contribution in [0.1, 0.15) is 38.7 Å². The molecular formula is C21H27NO4. The van der Waals surface area contributed by atoms with Gasteiger partial charge in [-0.15, -0.1) is 0 Å². The van der Waals surface area contributed by atoms with Crippen molar-refractivity contribution in [3.8, 4) is 0 Å². The molecule has 1 aliphatic rings. The summed E-state index contributed by atoms with van der Waals surface area (Å²) < 4.78 is 4.81. The Morgan fingerprint density at radius 2 is 1.92 bits per heavy atom. The first-order chi connectivity index (χ1) is 12.4. The van der Waals surface area contributed by atoms with Crippen molar-refractivity contribution in [3.05, 3.63) is 42.0 Å². The van der Waals surface area contributed by atoms with Gasteiger partial charge in [-0.05, 0) is 30.4 Å². The molecule has 140 valence electrons. The van der Waals surface area contributed by atoms with Gasteiger partial charge in [0.25, 0.3) is 0 Å². The largest absolute Gasteiger partial charge is 0.467 e. The second-order valence-electron chi connectivity index (χ2n) is 6.98. The van der Waals surface area contributed by atoms with E-state index >= 15 is 0 Å². The van der Waals surface area contributed by atoms with Gasteiger partial charge in [0.15, 0.2) is 5.78 Å². The van der Waals surface area contributed by atoms with Gasteiger partial charge in [-0.1, -0.05) is 50.3 Å². The summed E-state index contributed by atoms with van der Waals surface area (Å²) in [6, 6.07) is 9.04. The fourth-order valence-electron chi connectivity index (χ4n) is 3.27. The molecule has 0 aliphatic carbocycles. The third kappa shape index (κ3) is 5.04. The van der Waals surface area contributed by atoms with Crippen molar-refractivity contribution >= 4 is 23.7 Å². The van der Waals surface area contributed by atoms with Gasteiger partial charge in [0.05, 0.1) is 7.11 Å². The summed E-state index contributed by atoms with van der Waals surface area (Å²) in [5.41, 5.74) is 0.943. The number of likely N-dealkylation sites (tertiary alicyclic amines) is 1. The lowest BCUT2D eigenvalue weighted by Crippen LogP contribution is -2.45. The first-order valence-corrected chi connectivity index (χ1v) is 9.08. The first-order valence-electron chi connectivity index (χ1n) is 9.08. The van der Waals surface area contributed by atoms with Crippen molar-refractivity contribution in [2.45, 2.75) is 39.2 Å². The average molecular weight is 357 g/mol. The zero-order valence-corrected chi connectivity index (χ0v) is 15.7. The molecule has 0 radical (unpaired) electrons. The summed E-state index contributed by atoms with van der Waals surface area (Å²) in [6.45, 7) is 4.40. The van der Waals surface area contributed by atoms with Crippen LogP contribution in [0.3, 0.4) is 0 Å². The summed E-state index contributed by atoms with van der Waals surface area (Å²) in [4.78, 5) is 38.8. The van der Waals surface area contributed by atoms with Crippen molar-refractivity contribution in [2.24, 2.45) is 11.8 Å². The standard InChI is InChI=1S/C21H27NO4/c1-15(2)18(14-17(23)12-11-16-8-5-4-6-9-16)20(24)22-13-7-10-19(22)21(25)26-3/h4-6,8-9,11-12,15,18-19H,7,10,13-14H2,1-3H3/b12-11+/t18-,19-/m0/s1. The number of methoxy groups -OCH3 is 1. The van der Waals surface area contributed by atoms with Crippen molar-refractivity contribution in [3.63, 3.8) is 0 Å². The van der Waals surface area contributed by atoms with Crippen molar-refractivity contribution in [2.75, 3.05) is 13.7 Å². The van der Waals surface area contributed by atoms with E-state index in [2.05, 4.69) is 0 Å². The van der Waals surface area contributed by atoms with Gasteiger partial charge in [-0.2, -0.15) is 0 Å². The number of hydrogen-bond donors (Lipinski definition) is 0. The van der Waals surface area contributed by atoms with E-state index in [9.17, 15) is 14.4 Å². The molecule has 1 aromatic rings. The predicted octanol–water partition coefficient (Wildman–Crippen LogP) is 3.10. The van der Waals surface area contributed by atoms with E-state index in [4.69, 9.17) is 4.74 Å². The third-order valence-corrected chi connectivity index (χ3v) is 4.81. The number of rotatable bonds is 7. The molecule has 1 saturated heterocycles. The normalized spacial score (nSPS) is 18.3. The SMILES string of the molecule is COC(=O)[C@@H]1CCCN1C(=O)[C@@H](CC(=O)/C=C/c1ccccc1)C(C)C. The fourth-order valence-corrected chi connectivity index (χ4v) is 3.27. The number of ketones is 1. The summed E-state index contributed by atoms with van der Waals surface area (Å²) >= 11 is 0. The van der Waals surface area contributed by atoms with Crippen LogP contribution in [0.4, 0.5) is 0 Å². The minimum atomic E-state index is -0.524. The average Bonchev–Trinajstić information content (AvgIpc) is 3.13. The van der Waals surface area contributed by atoms with Gasteiger partial charge in [-0.3, -0.25) is 9.59 Å². The van der Waals surface area contributed by atoms with E-state index < -0.39 is 12.0 Å². The van der Waals surface area contributed by atoms with E-state index in [1.807, 2.05) is 44.2 Å². The number of nitrogens with zero attached hydrogens (tertiary/aromatic N) is 1. The Morgan fingerprint density at radius 3 is 2.54 bits per heavy atom. The molecule has 2 rings (SSSR count). The molecule has 1 aliphatic heterocycles. The monoisotopic (exact) mass is 357 g/mol. The number of amides is 1. The summed E-state index contributed by atoms with van der Waals surface area (Å²) in [7, 11) is 1.33. The fraction of sp³-hybridized carbons (Fsp3) is 0.476. The summed E-state index contributed by atoms with van der Waals surface area (Å²) in [6.07, 6.45) is 4.82. The van der Waals surface area contributed by atoms with Gasteiger partial charge in [0, 0.05) is 18.9 Å². The van der Waals surface area contributed by atoms with Crippen LogP contribution >= 0.6 is 0 Å². The molecule has 2 atom stereocenters. The molecule has 0 aromatic heterocycles. The molecule has 0 bridgehead atoms. The van der Waals surface area contributed by atoms with Gasteiger partial charge in [0.1, 0.15) is 6.04 Å². The lowest BCUT2D eigenvalue weighted by molar-refractivity contribution is -0.153. The molecule has 1 aromatic carbocycles. The highest BCUT2D eigenvalue weighted by molar-refractivity contribution is 5.97. The number of esters is 1. The van der Waals surface area contributed by atoms with Crippen LogP contribution in [-0.4, -0.2) is 42.3 Å². The van der Waals surface area contributed by atoms with Crippen LogP contribution in [0.2, 0.25) is 0 Å². The van der Waals surface area contributed by atoms with Crippen molar-refractivity contribution in [1.29, 1.82) is 0 Å². The van der Waals surface area contributed by atoms with Crippen LogP contribution in [-0.2, 0) is 19.1 Å². The minimum Gasteiger partial charge on any atom is -0.467 e. The Hall–Kier alpha value is -2.43. The molecule has 5 nitrogen and oxygen atoms in total. The maximum Gasteiger partial charge on any atom is 0.328 e. The quantitative estimate of drug-likeness (QED) is 0.556. The highest BCUT2D eigenvalue weighted by Gasteiger charge is 2.38. The molecule has 1 amide bonds. The van der Waals surface area contributed by atoms with E-state index in [0.717, 1.165) is 12.0 Å². The van der Waals surface area contributed by atoms with E-state index in [1.54, 1.807) is 11.0 Å². The van der Waals surface area contributed by atoms with Crippen LogP contribution in [0.25, 0.3) is 6.08 Å². The Morgan fingerprint density at radius 1 is 1.23 bits per heavy atom. The zero-order chi connectivity index (χ0) is 19.1. The Labute approximate surface area is 155 Å². The second-order valence-corrected chi connectivity index (χ2v) is 6.98. The highest BCUT2D eigenvalue weighted by Crippen LogP contribution is 2.26. The van der Waals surface area contributed by atoms with E-state index in [-0.39, 0.29) is 30.0 Å². The van der Waals surface area contributed by atoms with Gasteiger partial charge in [0.2, 0.25) is 5.91 Å². The Bertz CT molecular complexity index is 666. The van der Waals surface area contributed by atoms with Crippen LogP contribution in [0.15, 0.2) is 36.4 Å². The molecule has 0 spiro atoms. The van der Waals surface area contributed by atoms with Gasteiger partial charge in [-0.25, -0.2) is 4.79 Å².